The lowest BCUT2D eigenvalue weighted by molar-refractivity contribution is 0.143. The number of hydrogen-bond donors (Lipinski definition) is 1. The van der Waals surface area contributed by atoms with E-state index in [1.807, 2.05) is 0 Å². The first-order valence-electron chi connectivity index (χ1n) is 8.21. The molecule has 0 aromatic heterocycles. The monoisotopic (exact) mass is 272 g/mol. The van der Waals surface area contributed by atoms with Gasteiger partial charge < -0.3 is 5.32 Å². The van der Waals surface area contributed by atoms with Crippen molar-refractivity contribution in [3.8, 4) is 0 Å². The molecular weight excluding hydrogens is 244 g/mol. The number of nitrogens with zero attached hydrogens (tertiary/aromatic N) is 1. The molecule has 110 valence electrons. The molecule has 1 aromatic rings. The van der Waals surface area contributed by atoms with E-state index in [2.05, 4.69) is 48.3 Å². The molecule has 2 nitrogen and oxygen atoms in total. The topological polar surface area (TPSA) is 15.3 Å². The molecule has 0 amide bonds. The van der Waals surface area contributed by atoms with Crippen molar-refractivity contribution in [2.75, 3.05) is 19.6 Å². The number of fused-ring (bicyclic) bond motifs is 1. The highest BCUT2D eigenvalue weighted by Crippen LogP contribution is 2.28. The Balaban J connectivity index is 1.59. The van der Waals surface area contributed by atoms with Gasteiger partial charge in [-0.15, -0.1) is 0 Å². The lowest BCUT2D eigenvalue weighted by Crippen LogP contribution is -2.44. The summed E-state index contributed by atoms with van der Waals surface area (Å²) in [4.78, 5) is 2.65. The van der Waals surface area contributed by atoms with Crippen molar-refractivity contribution >= 4 is 0 Å². The Kier molecular flexibility index (Phi) is 4.13. The van der Waals surface area contributed by atoms with Crippen LogP contribution >= 0.6 is 0 Å². The molecule has 1 atom stereocenters. The molecule has 2 heteroatoms. The zero-order valence-electron chi connectivity index (χ0n) is 13.0. The van der Waals surface area contributed by atoms with Crippen LogP contribution in [-0.4, -0.2) is 30.6 Å². The lowest BCUT2D eigenvalue weighted by Gasteiger charge is -2.37. The molecule has 2 aliphatic rings. The summed E-state index contributed by atoms with van der Waals surface area (Å²) in [7, 11) is 0. The van der Waals surface area contributed by atoms with Crippen LogP contribution in [0.5, 0.6) is 0 Å². The highest BCUT2D eigenvalue weighted by molar-refractivity contribution is 5.29. The van der Waals surface area contributed by atoms with Crippen LogP contribution in [-0.2, 0) is 13.0 Å². The standard InChI is InChI=1S/C18H28N2/c1-3-18(2,13-19-17-8-9-17)14-20-11-10-15-6-4-5-7-16(15)12-20/h4-7,17,19H,3,8-14H2,1-2H3. The van der Waals surface area contributed by atoms with E-state index in [-0.39, 0.29) is 0 Å². The minimum atomic E-state index is 0.412. The highest BCUT2D eigenvalue weighted by Gasteiger charge is 2.30. The van der Waals surface area contributed by atoms with Crippen molar-refractivity contribution in [3.63, 3.8) is 0 Å². The van der Waals surface area contributed by atoms with Crippen LogP contribution in [0.1, 0.15) is 44.2 Å². The summed E-state index contributed by atoms with van der Waals surface area (Å²) in [5, 5.41) is 3.73. The van der Waals surface area contributed by atoms with E-state index in [0.29, 0.717) is 5.41 Å². The molecule has 1 fully saturated rings. The number of hydrogen-bond acceptors (Lipinski definition) is 2. The second-order valence-corrected chi connectivity index (χ2v) is 7.05. The van der Waals surface area contributed by atoms with E-state index in [1.165, 1.54) is 50.9 Å². The van der Waals surface area contributed by atoms with Gasteiger partial charge in [0.05, 0.1) is 0 Å². The SMILES string of the molecule is CCC(C)(CNC1CC1)CN1CCc2ccccc2C1. The van der Waals surface area contributed by atoms with Crippen molar-refractivity contribution in [1.29, 1.82) is 0 Å². The third kappa shape index (κ3) is 3.42. The predicted molar refractivity (Wildman–Crippen MR) is 84.8 cm³/mol. The maximum Gasteiger partial charge on any atom is 0.0236 e. The molecule has 0 radical (unpaired) electrons. The van der Waals surface area contributed by atoms with Gasteiger partial charge >= 0.3 is 0 Å². The number of nitrogens with one attached hydrogen (secondary N) is 1. The van der Waals surface area contributed by atoms with Crippen molar-refractivity contribution in [2.24, 2.45) is 5.41 Å². The van der Waals surface area contributed by atoms with E-state index in [4.69, 9.17) is 0 Å². The van der Waals surface area contributed by atoms with Gasteiger partial charge in [0.2, 0.25) is 0 Å². The van der Waals surface area contributed by atoms with Crippen molar-refractivity contribution in [3.05, 3.63) is 35.4 Å². The van der Waals surface area contributed by atoms with Crippen LogP contribution in [0.15, 0.2) is 24.3 Å². The normalized spacial score (nSPS) is 22.3. The highest BCUT2D eigenvalue weighted by atomic mass is 15.1. The van der Waals surface area contributed by atoms with E-state index in [1.54, 1.807) is 5.56 Å². The average Bonchev–Trinajstić information content (AvgIpc) is 3.29. The Hall–Kier alpha value is -0.860. The molecule has 20 heavy (non-hydrogen) atoms. The van der Waals surface area contributed by atoms with Crippen LogP contribution in [0, 0.1) is 5.41 Å². The van der Waals surface area contributed by atoms with Gasteiger partial charge in [0.15, 0.2) is 0 Å². The summed E-state index contributed by atoms with van der Waals surface area (Å²) in [5.41, 5.74) is 3.50. The summed E-state index contributed by atoms with van der Waals surface area (Å²) in [6.45, 7) is 9.53. The Bertz CT molecular complexity index is 452. The minimum absolute atomic E-state index is 0.412. The maximum absolute atomic E-state index is 3.73. The van der Waals surface area contributed by atoms with Crippen molar-refractivity contribution < 1.29 is 0 Å². The fourth-order valence-electron chi connectivity index (χ4n) is 3.20. The molecule has 0 bridgehead atoms. The largest absolute Gasteiger partial charge is 0.313 e. The molecule has 1 aliphatic heterocycles. The van der Waals surface area contributed by atoms with E-state index in [9.17, 15) is 0 Å². The van der Waals surface area contributed by atoms with Gasteiger partial charge in [-0.05, 0) is 42.2 Å². The van der Waals surface area contributed by atoms with Gasteiger partial charge in [-0.3, -0.25) is 4.90 Å². The summed E-state index contributed by atoms with van der Waals surface area (Å²) in [6.07, 6.45) is 5.24. The van der Waals surface area contributed by atoms with Gasteiger partial charge in [-0.1, -0.05) is 38.1 Å². The second kappa shape index (κ2) is 5.87. The van der Waals surface area contributed by atoms with Crippen LogP contribution in [0.3, 0.4) is 0 Å². The predicted octanol–water partition coefficient (Wildman–Crippen LogP) is 3.21. The molecule has 1 aromatic carbocycles. The van der Waals surface area contributed by atoms with E-state index >= 15 is 0 Å². The van der Waals surface area contributed by atoms with Gasteiger partial charge in [0.25, 0.3) is 0 Å². The fraction of sp³-hybridized carbons (Fsp3) is 0.667. The Morgan fingerprint density at radius 2 is 2.00 bits per heavy atom. The average molecular weight is 272 g/mol. The van der Waals surface area contributed by atoms with Crippen LogP contribution in [0.2, 0.25) is 0 Å². The number of benzene rings is 1. The Labute approximate surface area is 123 Å². The quantitative estimate of drug-likeness (QED) is 0.855. The molecule has 3 rings (SSSR count). The molecule has 1 unspecified atom stereocenters. The molecule has 0 spiro atoms. The van der Waals surface area contributed by atoms with Gasteiger partial charge in [-0.2, -0.15) is 0 Å². The van der Waals surface area contributed by atoms with E-state index in [0.717, 1.165) is 12.6 Å². The Morgan fingerprint density at radius 3 is 2.70 bits per heavy atom. The zero-order valence-corrected chi connectivity index (χ0v) is 13.0. The molecule has 0 saturated heterocycles. The summed E-state index contributed by atoms with van der Waals surface area (Å²) >= 11 is 0. The second-order valence-electron chi connectivity index (χ2n) is 7.05. The molecular formula is C18H28N2. The first-order chi connectivity index (χ1) is 9.68. The Morgan fingerprint density at radius 1 is 1.25 bits per heavy atom. The third-order valence-corrected chi connectivity index (χ3v) is 5.06. The maximum atomic E-state index is 3.73. The molecule has 1 aliphatic carbocycles. The van der Waals surface area contributed by atoms with E-state index < -0.39 is 0 Å². The number of rotatable bonds is 6. The molecule has 1 heterocycles. The van der Waals surface area contributed by atoms with Gasteiger partial charge in [0, 0.05) is 32.2 Å². The lowest BCUT2D eigenvalue weighted by atomic mass is 9.85. The zero-order chi connectivity index (χ0) is 14.0. The summed E-state index contributed by atoms with van der Waals surface area (Å²) in [6, 6.07) is 9.76. The van der Waals surface area contributed by atoms with Gasteiger partial charge in [-0.25, -0.2) is 0 Å². The first-order valence-corrected chi connectivity index (χ1v) is 8.21. The van der Waals surface area contributed by atoms with Gasteiger partial charge in [0.1, 0.15) is 0 Å². The van der Waals surface area contributed by atoms with Crippen LogP contribution in [0.4, 0.5) is 0 Å². The fourth-order valence-corrected chi connectivity index (χ4v) is 3.20. The van der Waals surface area contributed by atoms with Crippen LogP contribution in [0.25, 0.3) is 0 Å². The van der Waals surface area contributed by atoms with Crippen molar-refractivity contribution in [1.82, 2.24) is 10.2 Å². The van der Waals surface area contributed by atoms with Crippen LogP contribution < -0.4 is 5.32 Å². The smallest absolute Gasteiger partial charge is 0.0236 e. The minimum Gasteiger partial charge on any atom is -0.313 e. The first kappa shape index (κ1) is 14.1. The summed E-state index contributed by atoms with van der Waals surface area (Å²) < 4.78 is 0. The third-order valence-electron chi connectivity index (χ3n) is 5.06. The molecule has 1 N–H and O–H groups in total. The molecule has 1 saturated carbocycles. The summed E-state index contributed by atoms with van der Waals surface area (Å²) in [5.74, 6) is 0. The van der Waals surface area contributed by atoms with Crippen molar-refractivity contribution in [2.45, 2.75) is 52.1 Å².